The van der Waals surface area contributed by atoms with Gasteiger partial charge in [0.05, 0.1) is 0 Å². The van der Waals surface area contributed by atoms with Crippen molar-refractivity contribution < 1.29 is 14.6 Å². The monoisotopic (exact) mass is 251 g/mol. The third-order valence-electron chi connectivity index (χ3n) is 2.76. The van der Waals surface area contributed by atoms with E-state index < -0.39 is 12.1 Å². The second kappa shape index (κ2) is 6.40. The fourth-order valence-electron chi connectivity index (χ4n) is 1.77. The minimum absolute atomic E-state index is 0.184. The number of carboxylic acids is 1. The highest BCUT2D eigenvalue weighted by atomic mass is 16.5. The molecule has 0 aliphatic carbocycles. The van der Waals surface area contributed by atoms with E-state index in [1.165, 1.54) is 0 Å². The Kier molecular flexibility index (Phi) is 5.16. The van der Waals surface area contributed by atoms with Crippen molar-refractivity contribution in [1.29, 1.82) is 0 Å². The number of benzene rings is 1. The van der Waals surface area contributed by atoms with E-state index in [4.69, 9.17) is 15.6 Å². The number of aliphatic carboxylic acids is 1. The van der Waals surface area contributed by atoms with Gasteiger partial charge >= 0.3 is 5.97 Å². The van der Waals surface area contributed by atoms with Gasteiger partial charge in [-0.25, -0.2) is 4.79 Å². The fraction of sp³-hybridized carbons (Fsp3) is 0.500. The molecule has 3 N–H and O–H groups in total. The molecule has 0 radical (unpaired) electrons. The SMILES string of the molecule is CCCC(Oc1cc(C)ccc1[C@H](C)N)C(=O)O. The minimum atomic E-state index is -0.936. The van der Waals surface area contributed by atoms with Crippen LogP contribution in [0.1, 0.15) is 43.9 Å². The first-order valence-electron chi connectivity index (χ1n) is 6.21. The van der Waals surface area contributed by atoms with Crippen molar-refractivity contribution in [1.82, 2.24) is 0 Å². The van der Waals surface area contributed by atoms with Crippen molar-refractivity contribution in [3.05, 3.63) is 29.3 Å². The zero-order valence-corrected chi connectivity index (χ0v) is 11.1. The van der Waals surface area contributed by atoms with E-state index >= 15 is 0 Å². The molecule has 1 rings (SSSR count). The van der Waals surface area contributed by atoms with Crippen molar-refractivity contribution in [3.8, 4) is 5.75 Å². The maximum atomic E-state index is 11.1. The smallest absolute Gasteiger partial charge is 0.344 e. The molecular formula is C14H21NO3. The summed E-state index contributed by atoms with van der Waals surface area (Å²) in [5.41, 5.74) is 7.72. The zero-order chi connectivity index (χ0) is 13.7. The molecule has 4 nitrogen and oxygen atoms in total. The van der Waals surface area contributed by atoms with Crippen LogP contribution >= 0.6 is 0 Å². The summed E-state index contributed by atoms with van der Waals surface area (Å²) in [6.45, 7) is 5.72. The molecule has 0 aromatic heterocycles. The highest BCUT2D eigenvalue weighted by Gasteiger charge is 2.20. The summed E-state index contributed by atoms with van der Waals surface area (Å²) in [5.74, 6) is -0.361. The summed E-state index contributed by atoms with van der Waals surface area (Å²) in [6, 6.07) is 5.49. The van der Waals surface area contributed by atoms with E-state index in [2.05, 4.69) is 0 Å². The largest absolute Gasteiger partial charge is 0.479 e. The molecular weight excluding hydrogens is 230 g/mol. The van der Waals surface area contributed by atoms with Gasteiger partial charge in [-0.2, -0.15) is 0 Å². The molecule has 2 atom stereocenters. The predicted molar refractivity (Wildman–Crippen MR) is 70.7 cm³/mol. The zero-order valence-electron chi connectivity index (χ0n) is 11.1. The highest BCUT2D eigenvalue weighted by Crippen LogP contribution is 2.26. The van der Waals surface area contributed by atoms with Crippen LogP contribution in [0, 0.1) is 6.92 Å². The third kappa shape index (κ3) is 3.74. The van der Waals surface area contributed by atoms with Gasteiger partial charge < -0.3 is 15.6 Å². The molecule has 0 aliphatic rings. The number of nitrogens with two attached hydrogens (primary N) is 1. The van der Waals surface area contributed by atoms with Gasteiger partial charge in [-0.15, -0.1) is 0 Å². The van der Waals surface area contributed by atoms with Gasteiger partial charge in [-0.3, -0.25) is 0 Å². The topological polar surface area (TPSA) is 72.5 Å². The standard InChI is InChI=1S/C14H21NO3/c1-4-5-12(14(16)17)18-13-8-9(2)6-7-11(13)10(3)15/h6-8,10,12H,4-5,15H2,1-3H3,(H,16,17)/t10-,12?/m0/s1. The molecule has 0 bridgehead atoms. The summed E-state index contributed by atoms with van der Waals surface area (Å²) < 4.78 is 5.61. The molecule has 4 heteroatoms. The van der Waals surface area contributed by atoms with E-state index in [0.29, 0.717) is 12.2 Å². The average molecular weight is 251 g/mol. The van der Waals surface area contributed by atoms with Crippen molar-refractivity contribution in [3.63, 3.8) is 0 Å². The molecule has 0 spiro atoms. The lowest BCUT2D eigenvalue weighted by molar-refractivity contribution is -0.145. The Morgan fingerprint density at radius 2 is 2.17 bits per heavy atom. The number of carbonyl (C=O) groups is 1. The molecule has 1 unspecified atom stereocenters. The molecule has 18 heavy (non-hydrogen) atoms. The van der Waals surface area contributed by atoms with Gasteiger partial charge in [0.2, 0.25) is 0 Å². The Hall–Kier alpha value is -1.55. The predicted octanol–water partition coefficient (Wildman–Crippen LogP) is 2.65. The van der Waals surface area contributed by atoms with Crippen molar-refractivity contribution in [2.45, 2.75) is 45.8 Å². The second-order valence-electron chi connectivity index (χ2n) is 4.56. The summed E-state index contributed by atoms with van der Waals surface area (Å²) in [5, 5.41) is 9.11. The van der Waals surface area contributed by atoms with E-state index in [9.17, 15) is 4.79 Å². The van der Waals surface area contributed by atoms with Crippen LogP contribution in [-0.2, 0) is 4.79 Å². The Morgan fingerprint density at radius 3 is 2.67 bits per heavy atom. The Morgan fingerprint density at radius 1 is 1.50 bits per heavy atom. The summed E-state index contributed by atoms with van der Waals surface area (Å²) >= 11 is 0. The van der Waals surface area contributed by atoms with Crippen LogP contribution in [0.15, 0.2) is 18.2 Å². The molecule has 100 valence electrons. The molecule has 1 aromatic carbocycles. The molecule has 0 saturated carbocycles. The van der Waals surface area contributed by atoms with Crippen molar-refractivity contribution in [2.24, 2.45) is 5.73 Å². The lowest BCUT2D eigenvalue weighted by Crippen LogP contribution is -2.27. The van der Waals surface area contributed by atoms with Gasteiger partial charge in [-0.1, -0.05) is 25.5 Å². The van der Waals surface area contributed by atoms with Gasteiger partial charge in [0.25, 0.3) is 0 Å². The number of rotatable bonds is 6. The number of hydrogen-bond acceptors (Lipinski definition) is 3. The van der Waals surface area contributed by atoms with Crippen LogP contribution in [0.25, 0.3) is 0 Å². The molecule has 0 aliphatic heterocycles. The minimum Gasteiger partial charge on any atom is -0.479 e. The van der Waals surface area contributed by atoms with Crippen LogP contribution in [0.2, 0.25) is 0 Å². The Bertz CT molecular complexity index is 416. The number of ether oxygens (including phenoxy) is 1. The first kappa shape index (κ1) is 14.5. The highest BCUT2D eigenvalue weighted by molar-refractivity contribution is 5.72. The first-order valence-corrected chi connectivity index (χ1v) is 6.21. The molecule has 0 heterocycles. The summed E-state index contributed by atoms with van der Waals surface area (Å²) in [7, 11) is 0. The van der Waals surface area contributed by atoms with Gasteiger partial charge in [0, 0.05) is 11.6 Å². The molecule has 0 fully saturated rings. The second-order valence-corrected chi connectivity index (χ2v) is 4.56. The Balaban J connectivity index is 3.00. The molecule has 0 amide bonds. The van der Waals surface area contributed by atoms with E-state index in [0.717, 1.165) is 17.5 Å². The number of hydrogen-bond donors (Lipinski definition) is 2. The number of carboxylic acid groups (broad SMARTS) is 1. The lowest BCUT2D eigenvalue weighted by atomic mass is 10.1. The lowest BCUT2D eigenvalue weighted by Gasteiger charge is -2.19. The van der Waals surface area contributed by atoms with E-state index in [-0.39, 0.29) is 6.04 Å². The van der Waals surface area contributed by atoms with Crippen molar-refractivity contribution in [2.75, 3.05) is 0 Å². The number of aryl methyl sites for hydroxylation is 1. The quantitative estimate of drug-likeness (QED) is 0.815. The maximum absolute atomic E-state index is 11.1. The molecule has 0 saturated heterocycles. The van der Waals surface area contributed by atoms with Crippen LogP contribution < -0.4 is 10.5 Å². The van der Waals surface area contributed by atoms with Crippen LogP contribution in [0.3, 0.4) is 0 Å². The normalized spacial score (nSPS) is 14.0. The van der Waals surface area contributed by atoms with Gasteiger partial charge in [0.15, 0.2) is 6.10 Å². The van der Waals surface area contributed by atoms with Crippen LogP contribution in [0.5, 0.6) is 5.75 Å². The third-order valence-corrected chi connectivity index (χ3v) is 2.76. The van der Waals surface area contributed by atoms with Crippen molar-refractivity contribution >= 4 is 5.97 Å². The van der Waals surface area contributed by atoms with E-state index in [1.807, 2.05) is 39.0 Å². The summed E-state index contributed by atoms with van der Waals surface area (Å²) in [4.78, 5) is 11.1. The summed E-state index contributed by atoms with van der Waals surface area (Å²) in [6.07, 6.45) is 0.437. The fourth-order valence-corrected chi connectivity index (χ4v) is 1.77. The van der Waals surface area contributed by atoms with Crippen LogP contribution in [-0.4, -0.2) is 17.2 Å². The average Bonchev–Trinajstić information content (AvgIpc) is 2.28. The van der Waals surface area contributed by atoms with Crippen LogP contribution in [0.4, 0.5) is 0 Å². The van der Waals surface area contributed by atoms with Gasteiger partial charge in [-0.05, 0) is 31.9 Å². The first-order chi connectivity index (χ1) is 8.45. The Labute approximate surface area is 108 Å². The van der Waals surface area contributed by atoms with E-state index in [1.54, 1.807) is 0 Å². The maximum Gasteiger partial charge on any atom is 0.344 e. The molecule has 1 aromatic rings. The van der Waals surface area contributed by atoms with Gasteiger partial charge in [0.1, 0.15) is 5.75 Å².